The Labute approximate surface area is 169 Å². The molecule has 0 saturated carbocycles. The number of hydrogen-bond acceptors (Lipinski definition) is 6. The van der Waals surface area contributed by atoms with Crippen LogP contribution in [-0.4, -0.2) is 64.4 Å². The molecule has 2 aromatic rings. The molecule has 1 saturated heterocycles. The molecule has 0 radical (unpaired) electrons. The lowest BCUT2D eigenvalue weighted by molar-refractivity contribution is 0.0879. The summed E-state index contributed by atoms with van der Waals surface area (Å²) in [6, 6.07) is 14.2. The van der Waals surface area contributed by atoms with Gasteiger partial charge >= 0.3 is 0 Å². The topological polar surface area (TPSA) is 98.8 Å². The Morgan fingerprint density at radius 1 is 0.897 bits per heavy atom. The summed E-state index contributed by atoms with van der Waals surface area (Å²) in [4.78, 5) is 27.9. The van der Waals surface area contributed by atoms with E-state index in [0.717, 1.165) is 26.2 Å². The molecular weight excluding hydrogens is 392 g/mol. The smallest absolute Gasteiger partial charge is 0.258 e. The molecule has 8 nitrogen and oxygen atoms in total. The summed E-state index contributed by atoms with van der Waals surface area (Å²) in [5, 5.41) is 2.16. The van der Waals surface area contributed by atoms with E-state index in [1.54, 1.807) is 0 Å². The Kier molecular flexibility index (Phi) is 5.35. The van der Waals surface area contributed by atoms with Gasteiger partial charge in [-0.2, -0.15) is 0 Å². The molecule has 2 aliphatic rings. The first kappa shape index (κ1) is 19.6. The molecule has 2 aromatic carbocycles. The van der Waals surface area contributed by atoms with Crippen molar-refractivity contribution in [2.75, 3.05) is 44.2 Å². The van der Waals surface area contributed by atoms with E-state index in [2.05, 4.69) is 32.0 Å². The van der Waals surface area contributed by atoms with E-state index < -0.39 is 21.8 Å². The van der Waals surface area contributed by atoms with E-state index in [1.807, 2.05) is 18.2 Å². The van der Waals surface area contributed by atoms with Gasteiger partial charge in [-0.1, -0.05) is 18.2 Å². The zero-order chi connectivity index (χ0) is 20.4. The predicted octanol–water partition coefficient (Wildman–Crippen LogP) is 0.671. The molecule has 0 bridgehead atoms. The quantitative estimate of drug-likeness (QED) is 0.675. The fraction of sp³-hybridized carbons (Fsp3) is 0.300. The van der Waals surface area contributed by atoms with Crippen LogP contribution in [0.1, 0.15) is 20.7 Å². The molecule has 29 heavy (non-hydrogen) atoms. The van der Waals surface area contributed by atoms with Gasteiger partial charge in [-0.05, 0) is 30.3 Å². The van der Waals surface area contributed by atoms with Crippen LogP contribution in [0.4, 0.5) is 5.69 Å². The maximum atomic E-state index is 12.5. The van der Waals surface area contributed by atoms with Crippen molar-refractivity contribution in [2.45, 2.75) is 4.90 Å². The Hall–Kier alpha value is -2.75. The van der Waals surface area contributed by atoms with Crippen LogP contribution in [0.25, 0.3) is 0 Å². The van der Waals surface area contributed by atoms with Gasteiger partial charge < -0.3 is 4.90 Å². The third-order valence-corrected chi connectivity index (χ3v) is 6.69. The van der Waals surface area contributed by atoms with E-state index in [0.29, 0.717) is 6.54 Å². The van der Waals surface area contributed by atoms with Gasteiger partial charge in [0.2, 0.25) is 10.0 Å². The number of amides is 2. The van der Waals surface area contributed by atoms with Gasteiger partial charge in [0.1, 0.15) is 0 Å². The number of sulfonamides is 1. The van der Waals surface area contributed by atoms with Gasteiger partial charge in [0.15, 0.2) is 0 Å². The largest absolute Gasteiger partial charge is 0.369 e. The summed E-state index contributed by atoms with van der Waals surface area (Å²) >= 11 is 0. The van der Waals surface area contributed by atoms with E-state index in [-0.39, 0.29) is 22.6 Å². The molecule has 0 atom stereocenters. The van der Waals surface area contributed by atoms with Gasteiger partial charge in [-0.25, -0.2) is 13.1 Å². The van der Waals surface area contributed by atoms with Crippen molar-refractivity contribution >= 4 is 27.5 Å². The van der Waals surface area contributed by atoms with Crippen LogP contribution in [0.15, 0.2) is 53.4 Å². The van der Waals surface area contributed by atoms with Crippen molar-refractivity contribution < 1.29 is 18.0 Å². The third-order valence-electron chi connectivity index (χ3n) is 5.23. The SMILES string of the molecule is O=C1NC(=O)c2cc(S(=O)(=O)NCCN3CCN(c4ccccc4)CC3)ccc21. The second-order valence-electron chi connectivity index (χ2n) is 7.05. The number of carbonyl (C=O) groups excluding carboxylic acids is 2. The number of para-hydroxylation sites is 1. The number of anilines is 1. The van der Waals surface area contributed by atoms with Gasteiger partial charge in [0.25, 0.3) is 11.8 Å². The monoisotopic (exact) mass is 414 g/mol. The van der Waals surface area contributed by atoms with Gasteiger partial charge in [0.05, 0.1) is 16.0 Å². The van der Waals surface area contributed by atoms with Crippen molar-refractivity contribution in [1.29, 1.82) is 0 Å². The molecule has 152 valence electrons. The van der Waals surface area contributed by atoms with Crippen LogP contribution in [0.5, 0.6) is 0 Å². The van der Waals surface area contributed by atoms with Crippen LogP contribution >= 0.6 is 0 Å². The van der Waals surface area contributed by atoms with E-state index in [9.17, 15) is 18.0 Å². The molecule has 0 aromatic heterocycles. The Morgan fingerprint density at radius 3 is 2.31 bits per heavy atom. The molecule has 2 heterocycles. The lowest BCUT2D eigenvalue weighted by atomic mass is 10.1. The van der Waals surface area contributed by atoms with Gasteiger partial charge in [0, 0.05) is 45.0 Å². The zero-order valence-corrected chi connectivity index (χ0v) is 16.6. The molecule has 2 amide bonds. The first-order valence-corrected chi connectivity index (χ1v) is 10.9. The maximum absolute atomic E-state index is 12.5. The first-order chi connectivity index (χ1) is 13.9. The van der Waals surface area contributed by atoms with Gasteiger partial charge in [-0.3, -0.25) is 19.8 Å². The van der Waals surface area contributed by atoms with Crippen molar-refractivity contribution in [1.82, 2.24) is 14.9 Å². The fourth-order valence-corrected chi connectivity index (χ4v) is 4.65. The van der Waals surface area contributed by atoms with Crippen LogP contribution < -0.4 is 14.9 Å². The number of rotatable bonds is 6. The number of hydrogen-bond donors (Lipinski definition) is 2. The highest BCUT2D eigenvalue weighted by molar-refractivity contribution is 7.89. The van der Waals surface area contributed by atoms with Crippen molar-refractivity contribution in [3.8, 4) is 0 Å². The van der Waals surface area contributed by atoms with E-state index in [1.165, 1.54) is 23.9 Å². The number of nitrogens with one attached hydrogen (secondary N) is 2. The highest BCUT2D eigenvalue weighted by Crippen LogP contribution is 2.20. The number of fused-ring (bicyclic) bond motifs is 1. The van der Waals surface area contributed by atoms with Crippen molar-refractivity contribution in [2.24, 2.45) is 0 Å². The summed E-state index contributed by atoms with van der Waals surface area (Å²) in [7, 11) is -3.76. The number of piperazine rings is 1. The van der Waals surface area contributed by atoms with E-state index >= 15 is 0 Å². The van der Waals surface area contributed by atoms with E-state index in [4.69, 9.17) is 0 Å². The standard InChI is InChI=1S/C20H22N4O4S/c25-19-17-7-6-16(14-18(17)20(26)22-19)29(27,28)21-8-9-23-10-12-24(13-11-23)15-4-2-1-3-5-15/h1-7,14,21H,8-13H2,(H,22,25,26). The lowest BCUT2D eigenvalue weighted by Gasteiger charge is -2.36. The highest BCUT2D eigenvalue weighted by Gasteiger charge is 2.28. The molecule has 1 fully saturated rings. The zero-order valence-electron chi connectivity index (χ0n) is 15.8. The molecule has 0 unspecified atom stereocenters. The number of imide groups is 1. The van der Waals surface area contributed by atoms with Crippen LogP contribution in [0, 0.1) is 0 Å². The second-order valence-corrected chi connectivity index (χ2v) is 8.82. The average Bonchev–Trinajstić information content (AvgIpc) is 3.02. The summed E-state index contributed by atoms with van der Waals surface area (Å²) in [6.45, 7) is 4.38. The summed E-state index contributed by atoms with van der Waals surface area (Å²) in [6.07, 6.45) is 0. The Morgan fingerprint density at radius 2 is 1.59 bits per heavy atom. The number of nitrogens with zero attached hydrogens (tertiary/aromatic N) is 2. The fourth-order valence-electron chi connectivity index (χ4n) is 3.60. The third kappa shape index (κ3) is 4.16. The molecule has 9 heteroatoms. The molecule has 0 aliphatic carbocycles. The van der Waals surface area contributed by atoms with Gasteiger partial charge in [-0.15, -0.1) is 0 Å². The summed E-state index contributed by atoms with van der Waals surface area (Å²) < 4.78 is 27.7. The lowest BCUT2D eigenvalue weighted by Crippen LogP contribution is -2.48. The van der Waals surface area contributed by atoms with Crippen LogP contribution in [-0.2, 0) is 10.0 Å². The number of carbonyl (C=O) groups is 2. The highest BCUT2D eigenvalue weighted by atomic mass is 32.2. The van der Waals surface area contributed by atoms with Crippen molar-refractivity contribution in [3.05, 3.63) is 59.7 Å². The second kappa shape index (κ2) is 7.94. The average molecular weight is 414 g/mol. The van der Waals surface area contributed by atoms with Crippen LogP contribution in [0.2, 0.25) is 0 Å². The molecule has 2 N–H and O–H groups in total. The molecule has 0 spiro atoms. The minimum Gasteiger partial charge on any atom is -0.369 e. The van der Waals surface area contributed by atoms with Crippen molar-refractivity contribution in [3.63, 3.8) is 0 Å². The molecular formula is C20H22N4O4S. The normalized spacial score (nSPS) is 17.3. The minimum atomic E-state index is -3.76. The number of benzene rings is 2. The first-order valence-electron chi connectivity index (χ1n) is 9.46. The summed E-state index contributed by atoms with van der Waals surface area (Å²) in [5.74, 6) is -1.07. The maximum Gasteiger partial charge on any atom is 0.258 e. The minimum absolute atomic E-state index is 0.0185. The van der Waals surface area contributed by atoms with Crippen LogP contribution in [0.3, 0.4) is 0 Å². The summed E-state index contributed by atoms with van der Waals surface area (Å²) in [5.41, 5.74) is 1.49. The Balaban J connectivity index is 1.30. The Bertz CT molecular complexity index is 1030. The molecule has 4 rings (SSSR count). The molecule has 2 aliphatic heterocycles. The predicted molar refractivity (Wildman–Crippen MR) is 109 cm³/mol.